The van der Waals surface area contributed by atoms with Crippen LogP contribution in [0.3, 0.4) is 0 Å². The number of aromatic nitrogens is 3. The largest absolute Gasteiger partial charge is 0.370 e. The highest BCUT2D eigenvalue weighted by atomic mass is 35.5. The number of aliphatic imine (C=N–C) groups is 1. The Kier molecular flexibility index (Phi) is 10.4. The Hall–Kier alpha value is -3.57. The van der Waals surface area contributed by atoms with Crippen molar-refractivity contribution in [1.82, 2.24) is 19.5 Å². The average molecular weight is 591 g/mol. The minimum atomic E-state index is -0.288. The van der Waals surface area contributed by atoms with E-state index >= 15 is 0 Å². The van der Waals surface area contributed by atoms with E-state index in [0.29, 0.717) is 22.9 Å². The Morgan fingerprint density at radius 3 is 2.54 bits per heavy atom. The van der Waals surface area contributed by atoms with Crippen LogP contribution in [0.15, 0.2) is 72.0 Å². The molecule has 39 heavy (non-hydrogen) atoms. The summed E-state index contributed by atoms with van der Waals surface area (Å²) in [5.41, 5.74) is 15.1. The Labute approximate surface area is 243 Å². The van der Waals surface area contributed by atoms with Crippen molar-refractivity contribution in [3.8, 4) is 11.1 Å². The number of benzene rings is 2. The van der Waals surface area contributed by atoms with Gasteiger partial charge in [0.05, 0.1) is 24.1 Å². The summed E-state index contributed by atoms with van der Waals surface area (Å²) in [5.74, 6) is -0.171. The van der Waals surface area contributed by atoms with Gasteiger partial charge in [0.25, 0.3) is 5.91 Å². The summed E-state index contributed by atoms with van der Waals surface area (Å²) < 4.78 is 1.65. The van der Waals surface area contributed by atoms with E-state index in [1.807, 2.05) is 48.5 Å². The molecule has 2 aromatic carbocycles. The third kappa shape index (κ3) is 7.10. The number of rotatable bonds is 7. The molecular formula is C26H30Cl3N9O. The van der Waals surface area contributed by atoms with E-state index in [2.05, 4.69) is 30.2 Å². The first kappa shape index (κ1) is 30.0. The Balaban J connectivity index is 0.00000210. The Morgan fingerprint density at radius 2 is 1.79 bits per heavy atom. The number of halogens is 3. The van der Waals surface area contributed by atoms with Crippen molar-refractivity contribution in [2.75, 3.05) is 49.5 Å². The van der Waals surface area contributed by atoms with Gasteiger partial charge in [-0.25, -0.2) is 9.50 Å². The predicted molar refractivity (Wildman–Crippen MR) is 162 cm³/mol. The molecule has 5 N–H and O–H groups in total. The molecule has 1 amide bonds. The summed E-state index contributed by atoms with van der Waals surface area (Å²) in [6.07, 6.45) is 3.46. The first-order valence-corrected chi connectivity index (χ1v) is 12.4. The zero-order chi connectivity index (χ0) is 25.8. The number of nitrogens with zero attached hydrogens (tertiary/aromatic N) is 6. The van der Waals surface area contributed by atoms with Gasteiger partial charge in [-0.3, -0.25) is 14.7 Å². The Morgan fingerprint density at radius 1 is 1.03 bits per heavy atom. The van der Waals surface area contributed by atoms with Crippen LogP contribution in [-0.4, -0.2) is 70.6 Å². The number of guanidine groups is 1. The normalized spacial score (nSPS) is 13.3. The number of fused-ring (bicyclic) bond motifs is 1. The number of hydrogen-bond donors (Lipinski definition) is 3. The average Bonchev–Trinajstić information content (AvgIpc) is 3.33. The molecule has 1 aliphatic heterocycles. The standard InChI is InChI=1S/C26H28ClN9O.2ClH/c27-19-5-3-4-18(16-19)20-17-31-36-10-8-22(32-24(20)36)25(37)33-21-6-1-2-7-23(21)35-14-12-34(13-15-35)11-9-30-26(28)29;;/h1-8,10,16-17H,9,11-15H2,(H,33,37)(H4,28,29,30);2*1H. The molecule has 3 heterocycles. The van der Waals surface area contributed by atoms with Crippen molar-refractivity contribution in [2.24, 2.45) is 16.5 Å². The second-order valence-corrected chi connectivity index (χ2v) is 9.19. The smallest absolute Gasteiger partial charge is 0.274 e. The van der Waals surface area contributed by atoms with Crippen molar-refractivity contribution in [2.45, 2.75) is 0 Å². The van der Waals surface area contributed by atoms with Crippen molar-refractivity contribution < 1.29 is 4.79 Å². The number of nitrogens with one attached hydrogen (secondary N) is 1. The van der Waals surface area contributed by atoms with Gasteiger partial charge in [-0.2, -0.15) is 5.10 Å². The maximum atomic E-state index is 13.3. The fourth-order valence-electron chi connectivity index (χ4n) is 4.43. The summed E-state index contributed by atoms with van der Waals surface area (Å²) in [6, 6.07) is 17.0. The summed E-state index contributed by atoms with van der Waals surface area (Å²) in [5, 5.41) is 8.04. The maximum absolute atomic E-state index is 13.3. The lowest BCUT2D eigenvalue weighted by Crippen LogP contribution is -2.47. The van der Waals surface area contributed by atoms with Crippen LogP contribution in [0, 0.1) is 0 Å². The van der Waals surface area contributed by atoms with Crippen molar-refractivity contribution in [3.05, 3.63) is 77.7 Å². The summed E-state index contributed by atoms with van der Waals surface area (Å²) in [7, 11) is 0. The highest BCUT2D eigenvalue weighted by Crippen LogP contribution is 2.28. The number of piperazine rings is 1. The number of anilines is 2. The molecule has 1 saturated heterocycles. The van der Waals surface area contributed by atoms with Crippen molar-refractivity contribution in [3.63, 3.8) is 0 Å². The van der Waals surface area contributed by atoms with Gasteiger partial charge in [0.15, 0.2) is 11.6 Å². The molecule has 4 aromatic rings. The number of nitrogens with two attached hydrogens (primary N) is 2. The molecular weight excluding hydrogens is 561 g/mol. The molecule has 1 fully saturated rings. The molecule has 5 rings (SSSR count). The van der Waals surface area contributed by atoms with E-state index in [1.165, 1.54) is 0 Å². The summed E-state index contributed by atoms with van der Waals surface area (Å²) in [6.45, 7) is 4.82. The van der Waals surface area contributed by atoms with Gasteiger partial charge in [0.2, 0.25) is 0 Å². The monoisotopic (exact) mass is 589 g/mol. The van der Waals surface area contributed by atoms with Gasteiger partial charge >= 0.3 is 0 Å². The van der Waals surface area contributed by atoms with Crippen LogP contribution in [0.1, 0.15) is 10.5 Å². The fourth-order valence-corrected chi connectivity index (χ4v) is 4.62. The van der Waals surface area contributed by atoms with E-state index in [4.69, 9.17) is 23.1 Å². The van der Waals surface area contributed by atoms with Crippen molar-refractivity contribution >= 4 is 65.3 Å². The maximum Gasteiger partial charge on any atom is 0.274 e. The van der Waals surface area contributed by atoms with Crippen LogP contribution in [0.2, 0.25) is 5.02 Å². The van der Waals surface area contributed by atoms with E-state index in [0.717, 1.165) is 55.2 Å². The second kappa shape index (κ2) is 13.5. The van der Waals surface area contributed by atoms with E-state index in [9.17, 15) is 4.79 Å². The SMILES string of the molecule is Cl.Cl.NC(N)=NCCN1CCN(c2ccccc2NC(=O)c2ccn3ncc(-c4cccc(Cl)c4)c3n2)CC1. The molecule has 206 valence electrons. The molecule has 0 radical (unpaired) electrons. The third-order valence-electron chi connectivity index (χ3n) is 6.31. The quantitative estimate of drug-likeness (QED) is 0.222. The molecule has 2 aromatic heterocycles. The molecule has 0 aliphatic carbocycles. The number of carbonyl (C=O) groups is 1. The zero-order valence-electron chi connectivity index (χ0n) is 21.0. The molecule has 1 aliphatic rings. The van der Waals surface area contributed by atoms with E-state index < -0.39 is 0 Å². The van der Waals surface area contributed by atoms with Gasteiger partial charge in [0.1, 0.15) is 5.69 Å². The van der Waals surface area contributed by atoms with Crippen LogP contribution in [0.4, 0.5) is 11.4 Å². The topological polar surface area (TPSA) is 130 Å². The lowest BCUT2D eigenvalue weighted by Gasteiger charge is -2.36. The first-order valence-electron chi connectivity index (χ1n) is 12.0. The molecule has 0 saturated carbocycles. The second-order valence-electron chi connectivity index (χ2n) is 8.76. The van der Waals surface area contributed by atoms with Crippen molar-refractivity contribution in [1.29, 1.82) is 0 Å². The minimum Gasteiger partial charge on any atom is -0.370 e. The number of hydrogen-bond acceptors (Lipinski definition) is 6. The van der Waals surface area contributed by atoms with E-state index in [1.54, 1.807) is 23.0 Å². The first-order chi connectivity index (χ1) is 18.0. The van der Waals surface area contributed by atoms with Gasteiger partial charge in [-0.05, 0) is 35.9 Å². The molecule has 0 spiro atoms. The van der Waals surface area contributed by atoms with Crippen LogP contribution in [0.25, 0.3) is 16.8 Å². The lowest BCUT2D eigenvalue weighted by molar-refractivity contribution is 0.102. The lowest BCUT2D eigenvalue weighted by atomic mass is 10.1. The predicted octanol–water partition coefficient (Wildman–Crippen LogP) is 3.54. The highest BCUT2D eigenvalue weighted by molar-refractivity contribution is 6.30. The summed E-state index contributed by atoms with van der Waals surface area (Å²) in [4.78, 5) is 26.6. The highest BCUT2D eigenvalue weighted by Gasteiger charge is 2.20. The minimum absolute atomic E-state index is 0. The van der Waals surface area contributed by atoms with Crippen LogP contribution < -0.4 is 21.7 Å². The van der Waals surface area contributed by atoms with Crippen LogP contribution in [0.5, 0.6) is 0 Å². The molecule has 0 bridgehead atoms. The van der Waals surface area contributed by atoms with Gasteiger partial charge in [0, 0.05) is 49.5 Å². The molecule has 0 atom stereocenters. The molecule has 0 unspecified atom stereocenters. The molecule has 10 nitrogen and oxygen atoms in total. The van der Waals surface area contributed by atoms with E-state index in [-0.39, 0.29) is 36.7 Å². The number of para-hydroxylation sites is 2. The van der Waals surface area contributed by atoms with Gasteiger partial charge < -0.3 is 21.7 Å². The zero-order valence-corrected chi connectivity index (χ0v) is 23.4. The van der Waals surface area contributed by atoms with Gasteiger partial charge in [-0.1, -0.05) is 35.9 Å². The third-order valence-corrected chi connectivity index (χ3v) is 6.55. The number of amides is 1. The molecule has 13 heteroatoms. The summed E-state index contributed by atoms with van der Waals surface area (Å²) >= 11 is 6.17. The fraction of sp³-hybridized carbons (Fsp3) is 0.231. The Bertz CT molecular complexity index is 1450. The number of carbonyl (C=O) groups excluding carboxylic acids is 1. The van der Waals surface area contributed by atoms with Gasteiger partial charge in [-0.15, -0.1) is 24.8 Å². The van der Waals surface area contributed by atoms with Crippen LogP contribution >= 0.6 is 36.4 Å². The van der Waals surface area contributed by atoms with Crippen LogP contribution in [-0.2, 0) is 0 Å².